The van der Waals surface area contributed by atoms with E-state index >= 15 is 0 Å². The first-order chi connectivity index (χ1) is 10.7. The van der Waals surface area contributed by atoms with Gasteiger partial charge < -0.3 is 15.0 Å². The van der Waals surface area contributed by atoms with Crippen molar-refractivity contribution in [1.82, 2.24) is 10.2 Å². The zero-order valence-electron chi connectivity index (χ0n) is 13.1. The highest BCUT2D eigenvalue weighted by molar-refractivity contribution is 6.30. The minimum Gasteiger partial charge on any atom is -0.372 e. The van der Waals surface area contributed by atoms with Crippen LogP contribution in [0.5, 0.6) is 0 Å². The van der Waals surface area contributed by atoms with E-state index < -0.39 is 0 Å². The van der Waals surface area contributed by atoms with Crippen LogP contribution in [0, 0.1) is 0 Å². The number of carbonyl (C=O) groups is 1. The maximum atomic E-state index is 11.4. The van der Waals surface area contributed by atoms with Crippen molar-refractivity contribution < 1.29 is 9.53 Å². The molecule has 1 saturated heterocycles. The lowest BCUT2D eigenvalue weighted by Crippen LogP contribution is -2.48. The van der Waals surface area contributed by atoms with Crippen LogP contribution in [-0.4, -0.2) is 63.3 Å². The molecule has 0 saturated carbocycles. The first kappa shape index (κ1) is 17.1. The van der Waals surface area contributed by atoms with E-state index in [1.165, 1.54) is 5.69 Å². The second kappa shape index (κ2) is 8.98. The Labute approximate surface area is 137 Å². The van der Waals surface area contributed by atoms with Gasteiger partial charge in [0, 0.05) is 56.6 Å². The Morgan fingerprint density at radius 2 is 1.91 bits per heavy atom. The molecule has 0 bridgehead atoms. The summed E-state index contributed by atoms with van der Waals surface area (Å²) in [6, 6.07) is 7.98. The van der Waals surface area contributed by atoms with Crippen molar-refractivity contribution in [1.29, 1.82) is 0 Å². The van der Waals surface area contributed by atoms with Crippen molar-refractivity contribution in [2.75, 3.05) is 57.4 Å². The molecule has 1 aliphatic rings. The highest BCUT2D eigenvalue weighted by Gasteiger charge is 2.16. The molecule has 0 spiro atoms. The molecule has 1 aromatic carbocycles. The van der Waals surface area contributed by atoms with Gasteiger partial charge in [-0.1, -0.05) is 11.6 Å². The Hall–Kier alpha value is -1.30. The number of amides is 1. The second-order valence-corrected chi connectivity index (χ2v) is 5.73. The van der Waals surface area contributed by atoms with Crippen molar-refractivity contribution >= 4 is 23.2 Å². The molecule has 1 aromatic rings. The Bertz CT molecular complexity index is 459. The summed E-state index contributed by atoms with van der Waals surface area (Å²) in [5, 5.41) is 3.65. The molecular formula is C16H24ClN3O2. The molecule has 1 amide bonds. The molecule has 6 heteroatoms. The van der Waals surface area contributed by atoms with Gasteiger partial charge in [-0.2, -0.15) is 0 Å². The molecule has 0 aromatic heterocycles. The molecule has 1 aliphatic heterocycles. The summed E-state index contributed by atoms with van der Waals surface area (Å²) in [5.74, 6) is -0.0401. The predicted octanol–water partition coefficient (Wildman–Crippen LogP) is 1.61. The Kier molecular flexibility index (Phi) is 6.96. The molecule has 1 fully saturated rings. The number of piperazine rings is 1. The molecule has 122 valence electrons. The molecule has 0 atom stereocenters. The van der Waals surface area contributed by atoms with Gasteiger partial charge in [-0.25, -0.2) is 0 Å². The van der Waals surface area contributed by atoms with E-state index in [-0.39, 0.29) is 12.5 Å². The van der Waals surface area contributed by atoms with Gasteiger partial charge in [0.15, 0.2) is 0 Å². The summed E-state index contributed by atoms with van der Waals surface area (Å²) in [6.07, 6.45) is 0. The normalized spacial score (nSPS) is 15.8. The number of ether oxygens (including phenoxy) is 1. The van der Waals surface area contributed by atoms with Gasteiger partial charge in [0.25, 0.3) is 0 Å². The van der Waals surface area contributed by atoms with Crippen LogP contribution in [-0.2, 0) is 9.53 Å². The smallest absolute Gasteiger partial charge is 0.246 e. The highest BCUT2D eigenvalue weighted by Crippen LogP contribution is 2.19. The largest absolute Gasteiger partial charge is 0.372 e. The van der Waals surface area contributed by atoms with Crippen LogP contribution >= 0.6 is 11.6 Å². The monoisotopic (exact) mass is 325 g/mol. The van der Waals surface area contributed by atoms with Crippen LogP contribution in [0.15, 0.2) is 24.3 Å². The van der Waals surface area contributed by atoms with E-state index in [0.29, 0.717) is 13.2 Å². The zero-order chi connectivity index (χ0) is 15.8. The summed E-state index contributed by atoms with van der Waals surface area (Å²) < 4.78 is 5.07. The molecule has 2 rings (SSSR count). The van der Waals surface area contributed by atoms with Gasteiger partial charge in [-0.15, -0.1) is 0 Å². The van der Waals surface area contributed by atoms with E-state index in [2.05, 4.69) is 27.2 Å². The number of anilines is 1. The SMILES string of the molecule is CCOCC(=O)NCCN1CCN(c2ccc(Cl)cc2)CC1. The van der Waals surface area contributed by atoms with E-state index in [4.69, 9.17) is 16.3 Å². The highest BCUT2D eigenvalue weighted by atomic mass is 35.5. The Morgan fingerprint density at radius 1 is 1.23 bits per heavy atom. The number of benzene rings is 1. The maximum absolute atomic E-state index is 11.4. The van der Waals surface area contributed by atoms with E-state index in [9.17, 15) is 4.79 Å². The van der Waals surface area contributed by atoms with Gasteiger partial charge in [-0.05, 0) is 31.2 Å². The van der Waals surface area contributed by atoms with Gasteiger partial charge in [-0.3, -0.25) is 9.69 Å². The summed E-state index contributed by atoms with van der Waals surface area (Å²) in [4.78, 5) is 16.2. The minimum atomic E-state index is -0.0401. The summed E-state index contributed by atoms with van der Waals surface area (Å²) >= 11 is 5.92. The van der Waals surface area contributed by atoms with Crippen molar-refractivity contribution in [3.05, 3.63) is 29.3 Å². The van der Waals surface area contributed by atoms with Crippen LogP contribution in [0.2, 0.25) is 5.02 Å². The number of hydrogen-bond donors (Lipinski definition) is 1. The Morgan fingerprint density at radius 3 is 2.55 bits per heavy atom. The number of rotatable bonds is 7. The van der Waals surface area contributed by atoms with Gasteiger partial charge in [0.1, 0.15) is 6.61 Å². The third-order valence-corrected chi connectivity index (χ3v) is 4.00. The lowest BCUT2D eigenvalue weighted by molar-refractivity contribution is -0.125. The maximum Gasteiger partial charge on any atom is 0.246 e. The van der Waals surface area contributed by atoms with E-state index in [1.54, 1.807) is 0 Å². The lowest BCUT2D eigenvalue weighted by atomic mass is 10.2. The lowest BCUT2D eigenvalue weighted by Gasteiger charge is -2.36. The topological polar surface area (TPSA) is 44.8 Å². The van der Waals surface area contributed by atoms with Crippen molar-refractivity contribution in [3.63, 3.8) is 0 Å². The van der Waals surface area contributed by atoms with Crippen molar-refractivity contribution in [2.24, 2.45) is 0 Å². The number of hydrogen-bond acceptors (Lipinski definition) is 4. The second-order valence-electron chi connectivity index (χ2n) is 5.29. The third kappa shape index (κ3) is 5.48. The van der Waals surface area contributed by atoms with Gasteiger partial charge in [0.05, 0.1) is 0 Å². The summed E-state index contributed by atoms with van der Waals surface area (Å²) in [6.45, 7) is 8.16. The fourth-order valence-electron chi connectivity index (χ4n) is 2.48. The van der Waals surface area contributed by atoms with E-state index in [1.807, 2.05) is 19.1 Å². The van der Waals surface area contributed by atoms with Gasteiger partial charge in [0.2, 0.25) is 5.91 Å². The predicted molar refractivity (Wildman–Crippen MR) is 89.6 cm³/mol. The van der Waals surface area contributed by atoms with Gasteiger partial charge >= 0.3 is 0 Å². The summed E-state index contributed by atoms with van der Waals surface area (Å²) in [5.41, 5.74) is 1.22. The van der Waals surface area contributed by atoms with Crippen molar-refractivity contribution in [2.45, 2.75) is 6.92 Å². The third-order valence-electron chi connectivity index (χ3n) is 3.75. The zero-order valence-corrected chi connectivity index (χ0v) is 13.8. The number of nitrogens with zero attached hydrogens (tertiary/aromatic N) is 2. The van der Waals surface area contributed by atoms with Crippen LogP contribution in [0.1, 0.15) is 6.92 Å². The molecule has 22 heavy (non-hydrogen) atoms. The first-order valence-electron chi connectivity index (χ1n) is 7.76. The average molecular weight is 326 g/mol. The molecule has 1 N–H and O–H groups in total. The van der Waals surface area contributed by atoms with Crippen molar-refractivity contribution in [3.8, 4) is 0 Å². The molecule has 0 radical (unpaired) electrons. The fraction of sp³-hybridized carbons (Fsp3) is 0.562. The Balaban J connectivity index is 1.65. The molecule has 0 aliphatic carbocycles. The number of carbonyl (C=O) groups excluding carboxylic acids is 1. The minimum absolute atomic E-state index is 0.0401. The molecule has 0 unspecified atom stereocenters. The molecular weight excluding hydrogens is 302 g/mol. The average Bonchev–Trinajstić information content (AvgIpc) is 2.54. The molecule has 5 nitrogen and oxygen atoms in total. The quantitative estimate of drug-likeness (QED) is 0.827. The standard InChI is InChI=1S/C16H24ClN3O2/c1-2-22-13-16(21)18-7-8-19-9-11-20(12-10-19)15-5-3-14(17)4-6-15/h3-6H,2,7-13H2,1H3,(H,18,21). The fourth-order valence-corrected chi connectivity index (χ4v) is 2.61. The van der Waals surface area contributed by atoms with Crippen LogP contribution in [0.4, 0.5) is 5.69 Å². The molecule has 1 heterocycles. The van der Waals surface area contributed by atoms with Crippen LogP contribution in [0.25, 0.3) is 0 Å². The van der Waals surface area contributed by atoms with Crippen LogP contribution < -0.4 is 10.2 Å². The number of halogens is 1. The van der Waals surface area contributed by atoms with E-state index in [0.717, 1.165) is 37.7 Å². The summed E-state index contributed by atoms with van der Waals surface area (Å²) in [7, 11) is 0. The first-order valence-corrected chi connectivity index (χ1v) is 8.14. The van der Waals surface area contributed by atoms with Crippen LogP contribution in [0.3, 0.4) is 0 Å². The number of nitrogens with one attached hydrogen (secondary N) is 1.